The number of aromatic nitrogens is 1. The van der Waals surface area contributed by atoms with Crippen LogP contribution in [0.25, 0.3) is 0 Å². The summed E-state index contributed by atoms with van der Waals surface area (Å²) in [6.07, 6.45) is 5.08. The van der Waals surface area contributed by atoms with Gasteiger partial charge in [0.25, 0.3) is 0 Å². The van der Waals surface area contributed by atoms with Crippen LogP contribution in [0.3, 0.4) is 0 Å². The van der Waals surface area contributed by atoms with Crippen LogP contribution in [0.1, 0.15) is 12.5 Å². The zero-order valence-electron chi connectivity index (χ0n) is 6.40. The van der Waals surface area contributed by atoms with E-state index in [4.69, 9.17) is 4.84 Å². The van der Waals surface area contributed by atoms with Gasteiger partial charge in [-0.2, -0.15) is 0 Å². The summed E-state index contributed by atoms with van der Waals surface area (Å²) in [6.45, 7) is 2.48. The molecular weight excluding hydrogens is 140 g/mol. The molecule has 0 aliphatic rings. The largest absolute Gasteiger partial charge is 0.396 e. The zero-order valence-corrected chi connectivity index (χ0v) is 6.40. The lowest BCUT2D eigenvalue weighted by Crippen LogP contribution is -1.84. The fraction of sp³-hybridized carbons (Fsp3) is 0.250. The lowest BCUT2D eigenvalue weighted by atomic mass is 10.3. The van der Waals surface area contributed by atoms with Crippen LogP contribution in [0.2, 0.25) is 0 Å². The van der Waals surface area contributed by atoms with Crippen molar-refractivity contribution in [3.8, 4) is 0 Å². The highest BCUT2D eigenvalue weighted by atomic mass is 16.6. The predicted octanol–water partition coefficient (Wildman–Crippen LogP) is 1.45. The first-order valence-electron chi connectivity index (χ1n) is 3.49. The summed E-state index contributed by atoms with van der Waals surface area (Å²) in [7, 11) is 0. The molecule has 1 heterocycles. The maximum absolute atomic E-state index is 4.78. The monoisotopic (exact) mass is 150 g/mol. The second-order valence-corrected chi connectivity index (χ2v) is 1.94. The molecule has 1 aromatic rings. The average Bonchev–Trinajstić information content (AvgIpc) is 2.07. The Hall–Kier alpha value is -1.38. The third kappa shape index (κ3) is 2.80. The summed E-state index contributed by atoms with van der Waals surface area (Å²) in [6, 6.07) is 3.77. The average molecular weight is 150 g/mol. The Kier molecular flexibility index (Phi) is 3.12. The van der Waals surface area contributed by atoms with E-state index in [9.17, 15) is 0 Å². The predicted molar refractivity (Wildman–Crippen MR) is 43.5 cm³/mol. The highest BCUT2D eigenvalue weighted by molar-refractivity contribution is 5.78. The molecular formula is C8H10N2O. The normalized spacial score (nSPS) is 10.3. The minimum absolute atomic E-state index is 0.594. The molecule has 0 aromatic carbocycles. The molecule has 0 atom stereocenters. The Bertz CT molecular complexity index is 221. The molecule has 0 spiro atoms. The molecule has 1 aromatic heterocycles. The molecule has 58 valence electrons. The number of rotatable bonds is 3. The topological polar surface area (TPSA) is 34.5 Å². The number of hydrogen-bond acceptors (Lipinski definition) is 3. The van der Waals surface area contributed by atoms with Gasteiger partial charge in [-0.05, 0) is 13.0 Å². The van der Waals surface area contributed by atoms with E-state index in [1.165, 1.54) is 0 Å². The fourth-order valence-corrected chi connectivity index (χ4v) is 0.625. The van der Waals surface area contributed by atoms with Crippen LogP contribution in [-0.4, -0.2) is 17.8 Å². The summed E-state index contributed by atoms with van der Waals surface area (Å²) >= 11 is 0. The molecule has 0 fully saturated rings. The van der Waals surface area contributed by atoms with Gasteiger partial charge in [-0.1, -0.05) is 11.2 Å². The van der Waals surface area contributed by atoms with E-state index in [-0.39, 0.29) is 0 Å². The van der Waals surface area contributed by atoms with Gasteiger partial charge in [0.15, 0.2) is 0 Å². The Morgan fingerprint density at radius 1 is 1.73 bits per heavy atom. The van der Waals surface area contributed by atoms with Crippen molar-refractivity contribution in [2.75, 3.05) is 6.61 Å². The first-order chi connectivity index (χ1) is 5.43. The van der Waals surface area contributed by atoms with Gasteiger partial charge >= 0.3 is 0 Å². The number of pyridine rings is 1. The van der Waals surface area contributed by atoms with Crippen LogP contribution in [0.4, 0.5) is 0 Å². The Labute approximate surface area is 65.7 Å². The van der Waals surface area contributed by atoms with E-state index in [1.807, 2.05) is 19.1 Å². The van der Waals surface area contributed by atoms with Crippen LogP contribution in [-0.2, 0) is 4.84 Å². The third-order valence-corrected chi connectivity index (χ3v) is 1.09. The summed E-state index contributed by atoms with van der Waals surface area (Å²) in [4.78, 5) is 8.70. The van der Waals surface area contributed by atoms with Crippen LogP contribution in [0.5, 0.6) is 0 Å². The van der Waals surface area contributed by atoms with Gasteiger partial charge in [-0.25, -0.2) is 0 Å². The molecule has 3 heteroatoms. The Morgan fingerprint density at radius 3 is 3.27 bits per heavy atom. The van der Waals surface area contributed by atoms with Crippen molar-refractivity contribution in [2.45, 2.75) is 6.92 Å². The van der Waals surface area contributed by atoms with Crippen molar-refractivity contribution >= 4 is 6.21 Å². The minimum atomic E-state index is 0.594. The van der Waals surface area contributed by atoms with Crippen molar-refractivity contribution in [2.24, 2.45) is 5.16 Å². The highest BCUT2D eigenvalue weighted by Gasteiger charge is 1.82. The Balaban J connectivity index is 2.50. The maximum atomic E-state index is 4.78. The van der Waals surface area contributed by atoms with E-state index in [0.29, 0.717) is 6.61 Å². The molecule has 0 unspecified atom stereocenters. The van der Waals surface area contributed by atoms with Gasteiger partial charge < -0.3 is 4.84 Å². The van der Waals surface area contributed by atoms with Gasteiger partial charge in [0.1, 0.15) is 6.61 Å². The first kappa shape index (κ1) is 7.72. The standard InChI is InChI=1S/C8H10N2O/c1-2-11-10-7-8-4-3-5-9-6-8/h3-7H,2H2,1H3. The highest BCUT2D eigenvalue weighted by Crippen LogP contribution is 1.90. The summed E-state index contributed by atoms with van der Waals surface area (Å²) < 4.78 is 0. The Morgan fingerprint density at radius 2 is 2.64 bits per heavy atom. The fourth-order valence-electron chi connectivity index (χ4n) is 0.625. The zero-order chi connectivity index (χ0) is 7.94. The number of nitrogens with zero attached hydrogens (tertiary/aromatic N) is 2. The van der Waals surface area contributed by atoms with Crippen molar-refractivity contribution in [3.05, 3.63) is 30.1 Å². The molecule has 0 aliphatic carbocycles. The van der Waals surface area contributed by atoms with Crippen LogP contribution in [0, 0.1) is 0 Å². The smallest absolute Gasteiger partial charge is 0.114 e. The molecule has 0 amide bonds. The van der Waals surface area contributed by atoms with E-state index in [2.05, 4.69) is 10.1 Å². The van der Waals surface area contributed by atoms with Crippen molar-refractivity contribution < 1.29 is 4.84 Å². The molecule has 0 N–H and O–H groups in total. The van der Waals surface area contributed by atoms with Gasteiger partial charge in [0, 0.05) is 18.0 Å². The molecule has 0 bridgehead atoms. The van der Waals surface area contributed by atoms with Crippen LogP contribution < -0.4 is 0 Å². The van der Waals surface area contributed by atoms with E-state index in [1.54, 1.807) is 18.6 Å². The quantitative estimate of drug-likeness (QED) is 0.482. The summed E-state index contributed by atoms with van der Waals surface area (Å²) in [5, 5.41) is 3.70. The van der Waals surface area contributed by atoms with Crippen LogP contribution >= 0.6 is 0 Å². The maximum Gasteiger partial charge on any atom is 0.114 e. The summed E-state index contributed by atoms with van der Waals surface area (Å²) in [5.41, 5.74) is 0.945. The summed E-state index contributed by atoms with van der Waals surface area (Å²) in [5.74, 6) is 0. The number of hydrogen-bond donors (Lipinski definition) is 0. The lowest BCUT2D eigenvalue weighted by Gasteiger charge is -1.90. The molecule has 0 radical (unpaired) electrons. The van der Waals surface area contributed by atoms with E-state index < -0.39 is 0 Å². The second-order valence-electron chi connectivity index (χ2n) is 1.94. The van der Waals surface area contributed by atoms with Gasteiger partial charge in [0.2, 0.25) is 0 Å². The van der Waals surface area contributed by atoms with Gasteiger partial charge in [-0.3, -0.25) is 4.98 Å². The van der Waals surface area contributed by atoms with E-state index in [0.717, 1.165) is 5.56 Å². The lowest BCUT2D eigenvalue weighted by molar-refractivity contribution is 0.160. The first-order valence-corrected chi connectivity index (χ1v) is 3.49. The third-order valence-electron chi connectivity index (χ3n) is 1.09. The van der Waals surface area contributed by atoms with Gasteiger partial charge in [0.05, 0.1) is 6.21 Å². The molecule has 11 heavy (non-hydrogen) atoms. The van der Waals surface area contributed by atoms with Crippen LogP contribution in [0.15, 0.2) is 29.7 Å². The van der Waals surface area contributed by atoms with Gasteiger partial charge in [-0.15, -0.1) is 0 Å². The molecule has 0 aliphatic heterocycles. The minimum Gasteiger partial charge on any atom is -0.396 e. The molecule has 0 saturated carbocycles. The van der Waals surface area contributed by atoms with Crippen molar-refractivity contribution in [3.63, 3.8) is 0 Å². The SMILES string of the molecule is CCON=Cc1cccnc1. The second kappa shape index (κ2) is 4.44. The molecule has 0 saturated heterocycles. The van der Waals surface area contributed by atoms with E-state index >= 15 is 0 Å². The molecule has 1 rings (SSSR count). The number of oxime groups is 1. The van der Waals surface area contributed by atoms with Crippen molar-refractivity contribution in [1.82, 2.24) is 4.98 Å². The molecule has 3 nitrogen and oxygen atoms in total. The van der Waals surface area contributed by atoms with Crippen molar-refractivity contribution in [1.29, 1.82) is 0 Å².